The Morgan fingerprint density at radius 3 is 0.373 bits per heavy atom. The fraction of sp³-hybridized carbons (Fsp3) is 0.0229. The summed E-state index contributed by atoms with van der Waals surface area (Å²) in [6.07, 6.45) is 0. The predicted octanol–water partition coefficient (Wildman–Crippen LogP) is 32.7. The van der Waals surface area contributed by atoms with Crippen LogP contribution in [0.5, 0.6) is 0 Å². The van der Waals surface area contributed by atoms with E-state index in [-0.39, 0.29) is 110 Å². The van der Waals surface area contributed by atoms with Gasteiger partial charge in [-0.05, 0) is 177 Å². The molecule has 6 aliphatic carbocycles. The van der Waals surface area contributed by atoms with Crippen LogP contribution in [-0.4, -0.2) is 0 Å². The number of benzene rings is 23. The van der Waals surface area contributed by atoms with Crippen LogP contribution in [0, 0.1) is 130 Å². The van der Waals surface area contributed by atoms with Gasteiger partial charge in [0.1, 0.15) is 0 Å². The topological polar surface area (TPSA) is 0 Å². The summed E-state index contributed by atoms with van der Waals surface area (Å²) in [6, 6.07) is 200. The number of rotatable bonds is 3. The first-order valence-corrected chi connectivity index (χ1v) is 45.1. The van der Waals surface area contributed by atoms with E-state index in [9.17, 15) is 0 Å². The molecule has 3 spiro atoms. The van der Waals surface area contributed by atoms with Crippen molar-refractivity contribution in [1.82, 2.24) is 0 Å². The van der Waals surface area contributed by atoms with E-state index in [0.717, 1.165) is 33.4 Å². The number of fused-ring (bicyclic) bond motifs is 32. The normalized spacial score (nSPS) is 12.6. The second-order valence-corrected chi connectivity index (χ2v) is 33.9. The Morgan fingerprint density at radius 2 is 0.246 bits per heavy atom. The molecule has 0 fully saturated rings. The summed E-state index contributed by atoms with van der Waals surface area (Å²) in [5.74, 6) is 0. The molecule has 23 aromatic rings. The van der Waals surface area contributed by atoms with Crippen molar-refractivity contribution in [3.8, 4) is 100 Å². The van der Waals surface area contributed by atoms with E-state index in [0.29, 0.717) is 0 Å². The van der Waals surface area contributed by atoms with Gasteiger partial charge in [0.25, 0.3) is 0 Å². The van der Waals surface area contributed by atoms with Crippen LogP contribution in [0.1, 0.15) is 66.8 Å². The van der Waals surface area contributed by atoms with Gasteiger partial charge >= 0.3 is 93.3 Å². The van der Waals surface area contributed by atoms with E-state index >= 15 is 0 Å². The van der Waals surface area contributed by atoms with Crippen LogP contribution in [0.4, 0.5) is 0 Å². The van der Waals surface area contributed by atoms with Gasteiger partial charge in [-0.3, -0.25) is 0 Å². The quantitative estimate of drug-likeness (QED) is 0.0940. The van der Waals surface area contributed by atoms with Crippen molar-refractivity contribution in [3.05, 3.63) is 613 Å². The van der Waals surface area contributed by atoms with Gasteiger partial charge in [-0.15, -0.1) is 36.4 Å². The predicted molar refractivity (Wildman–Crippen MR) is 545 cm³/mol. The average molecular weight is 2370 g/mol. The molecule has 0 amide bonds. The summed E-state index contributed by atoms with van der Waals surface area (Å²) in [7, 11) is 0. The van der Waals surface area contributed by atoms with Crippen LogP contribution in [-0.2, 0) is 16.2 Å². The Morgan fingerprint density at radius 1 is 0.119 bits per heavy atom. The molecule has 0 heterocycles. The minimum Gasteiger partial charge on any atom is -0.226 e. The molecule has 0 saturated carbocycles. The molecule has 0 aromatic heterocycles. The molecule has 0 N–H and O–H groups in total. The van der Waals surface area contributed by atoms with Crippen LogP contribution in [0.15, 0.2) is 510 Å². The molecule has 3 heteroatoms. The largest absolute Gasteiger partial charge is 2.00 e. The van der Waals surface area contributed by atoms with Crippen molar-refractivity contribution < 1.29 is 93.3 Å². The zero-order valence-electron chi connectivity index (χ0n) is 73.5. The van der Waals surface area contributed by atoms with Gasteiger partial charge in [-0.1, -0.05) is 364 Å². The molecule has 0 nitrogen and oxygen atoms in total. The van der Waals surface area contributed by atoms with Crippen molar-refractivity contribution >= 4 is 43.1 Å². The Hall–Kier alpha value is -13.5. The van der Waals surface area contributed by atoms with Gasteiger partial charge in [-0.2, -0.15) is 146 Å². The number of hydrogen-bond donors (Lipinski definition) is 0. The van der Waals surface area contributed by atoms with Crippen molar-refractivity contribution in [3.63, 3.8) is 0 Å². The summed E-state index contributed by atoms with van der Waals surface area (Å²) < 4.78 is 0. The molecular weight excluding hydrogens is 2290 g/mol. The summed E-state index contributed by atoms with van der Waals surface area (Å²) in [4.78, 5) is 0. The molecule has 23 aromatic carbocycles. The maximum Gasteiger partial charge on any atom is 2.00 e. The first-order chi connectivity index (χ1) is 65.1. The molecule has 29 rings (SSSR count). The van der Waals surface area contributed by atoms with Crippen LogP contribution in [0.3, 0.4) is 0 Å². The molecule has 6 aliphatic rings. The van der Waals surface area contributed by atoms with E-state index in [1.807, 2.05) is 146 Å². The van der Waals surface area contributed by atoms with Gasteiger partial charge < -0.3 is 0 Å². The zero-order chi connectivity index (χ0) is 87.1. The molecule has 0 saturated heterocycles. The molecule has 0 aliphatic heterocycles. The zero-order valence-corrected chi connectivity index (χ0v) is 86.0. The first-order valence-electron chi connectivity index (χ1n) is 45.1. The van der Waals surface area contributed by atoms with Crippen molar-refractivity contribution in [2.75, 3.05) is 0 Å². The minimum absolute atomic E-state index is 0. The van der Waals surface area contributed by atoms with Crippen LogP contribution < -0.4 is 0 Å². The molecule has 620 valence electrons. The minimum atomic E-state index is -0.180. The van der Waals surface area contributed by atoms with E-state index in [4.69, 9.17) is 0 Å². The van der Waals surface area contributed by atoms with Gasteiger partial charge in [0.2, 0.25) is 0 Å². The maximum absolute atomic E-state index is 3.15. The molecule has 0 unspecified atom stereocenters. The number of hydrogen-bond acceptors (Lipinski definition) is 0. The van der Waals surface area contributed by atoms with Crippen molar-refractivity contribution in [2.45, 2.75) is 16.2 Å². The third-order valence-electron chi connectivity index (χ3n) is 27.2. The van der Waals surface area contributed by atoms with E-state index in [2.05, 4.69) is 400 Å². The summed E-state index contributed by atoms with van der Waals surface area (Å²) >= 11 is 0. The van der Waals surface area contributed by atoms with Crippen molar-refractivity contribution in [1.29, 1.82) is 0 Å². The Kier molecular flexibility index (Phi) is 25.5. The van der Waals surface area contributed by atoms with Crippen LogP contribution in [0.25, 0.3) is 143 Å². The standard InChI is InChI=1S/3C25H16.C20H12.3C12H8.3U/c3*1-5-13-21-17(9-1)18-10-2-6-14-22(18)25(21)23-15-7-3-11-19(23)20-12-4-8-16-24(20)25;1-5-13-6-2-11-17-18-12-4-8-14-7-3-10-16(20(14)18)15(9-1)19(13)17;3*1-3-7-11(8-4-1)12-9-5-2-6-10-12;;;/h3*1-16H;1-12H;3*1-7,9H;;;/q;;;;3*-2;3*+2. The third kappa shape index (κ3) is 15.0. The van der Waals surface area contributed by atoms with Crippen molar-refractivity contribution in [2.24, 2.45) is 0 Å². The van der Waals surface area contributed by atoms with E-state index < -0.39 is 0 Å². The summed E-state index contributed by atoms with van der Waals surface area (Å²) in [5.41, 5.74) is 39.3. The van der Waals surface area contributed by atoms with Gasteiger partial charge in [0, 0.05) is 0 Å². The van der Waals surface area contributed by atoms with Gasteiger partial charge in [-0.25, -0.2) is 33.4 Å². The van der Waals surface area contributed by atoms with Gasteiger partial charge in [0.15, 0.2) is 0 Å². The average Bonchev–Trinajstić information content (AvgIpc) is 1.52. The molecular formula is C131H84U3. The third-order valence-corrected chi connectivity index (χ3v) is 27.2. The monoisotopic (exact) mass is 2370 g/mol. The fourth-order valence-electron chi connectivity index (χ4n) is 22.1. The SMILES string of the molecule is [U+2].[U+2].[U+2].[c-]1ccccc1-c1[c-]cccc1.[c-]1ccccc1-c1[c-]cccc1.[c-]1ccccc1-c1[c-]cccc1.c1cc2cccc3c4cccc5cccc(c(c1)c23)c54.c1ccc2c(c1)-c1ccccc1C21c2ccccc2-c2ccccc21.c1ccc2c(c1)-c1ccccc1C21c2ccccc2-c2ccccc21.c1ccc2c(c1)-c1ccccc1C21c2ccccc2-c2ccccc21. The fourth-order valence-corrected chi connectivity index (χ4v) is 22.1. The molecule has 134 heavy (non-hydrogen) atoms. The maximum atomic E-state index is 3.15. The Balaban J connectivity index is 0.0000000988. The Bertz CT molecular complexity index is 6680. The Labute approximate surface area is 856 Å². The smallest absolute Gasteiger partial charge is 0.226 e. The van der Waals surface area contributed by atoms with Crippen LogP contribution in [0.2, 0.25) is 0 Å². The first kappa shape index (κ1) is 88.4. The summed E-state index contributed by atoms with van der Waals surface area (Å²) in [6.45, 7) is 0. The van der Waals surface area contributed by atoms with Gasteiger partial charge in [0.05, 0.1) is 16.2 Å². The second kappa shape index (κ2) is 38.6. The van der Waals surface area contributed by atoms with Crippen LogP contribution >= 0.6 is 0 Å². The summed E-state index contributed by atoms with van der Waals surface area (Å²) in [5, 5.41) is 10.9. The molecule has 0 bridgehead atoms. The molecule has 0 radical (unpaired) electrons. The van der Waals surface area contributed by atoms with E-state index in [1.54, 1.807) is 0 Å². The second-order valence-electron chi connectivity index (χ2n) is 33.9. The molecule has 0 atom stereocenters. The van der Waals surface area contributed by atoms with E-state index in [1.165, 1.54) is 177 Å².